The Morgan fingerprint density at radius 3 is 2.81 bits per heavy atom. The third kappa shape index (κ3) is 6.06. The maximum atomic E-state index is 11.6. The number of aliphatic hydroxyl groups is 1. The second-order valence-electron chi connectivity index (χ2n) is 6.00. The molecule has 0 aliphatic carbocycles. The van der Waals surface area contributed by atoms with Crippen molar-refractivity contribution in [3.8, 4) is 11.5 Å². The lowest BCUT2D eigenvalue weighted by atomic mass is 10.2. The van der Waals surface area contributed by atoms with Crippen molar-refractivity contribution in [1.82, 2.24) is 10.6 Å². The monoisotopic (exact) mass is 385 g/mol. The lowest BCUT2D eigenvalue weighted by Gasteiger charge is -2.16. The van der Waals surface area contributed by atoms with E-state index in [1.54, 1.807) is 13.2 Å². The van der Waals surface area contributed by atoms with Crippen LogP contribution in [0.3, 0.4) is 0 Å². The van der Waals surface area contributed by atoms with Crippen LogP contribution in [0.1, 0.15) is 18.9 Å². The number of sulfone groups is 1. The molecule has 1 aromatic rings. The molecule has 1 aliphatic rings. The third-order valence-corrected chi connectivity index (χ3v) is 5.68. The van der Waals surface area contributed by atoms with Gasteiger partial charge in [-0.2, -0.15) is 0 Å². The Morgan fingerprint density at radius 2 is 2.19 bits per heavy atom. The Labute approximate surface area is 154 Å². The van der Waals surface area contributed by atoms with Crippen molar-refractivity contribution >= 4 is 15.8 Å². The zero-order chi connectivity index (χ0) is 19.0. The molecule has 0 radical (unpaired) electrons. The van der Waals surface area contributed by atoms with Crippen molar-refractivity contribution in [3.05, 3.63) is 23.8 Å². The number of nitrogens with zero attached hydrogens (tertiary/aromatic N) is 1. The van der Waals surface area contributed by atoms with Crippen molar-refractivity contribution in [1.29, 1.82) is 0 Å². The predicted molar refractivity (Wildman–Crippen MR) is 101 cm³/mol. The topological polar surface area (TPSA) is 109 Å². The number of hydrogen-bond acceptors (Lipinski definition) is 6. The van der Waals surface area contributed by atoms with E-state index in [9.17, 15) is 8.42 Å². The molecule has 0 saturated carbocycles. The van der Waals surface area contributed by atoms with Crippen molar-refractivity contribution in [2.24, 2.45) is 4.99 Å². The molecule has 0 spiro atoms. The molecule has 0 bridgehead atoms. The number of benzene rings is 1. The van der Waals surface area contributed by atoms with Crippen molar-refractivity contribution < 1.29 is 23.0 Å². The average Bonchev–Trinajstić information content (AvgIpc) is 2.96. The molecule has 1 heterocycles. The second kappa shape index (κ2) is 9.63. The van der Waals surface area contributed by atoms with Gasteiger partial charge in [0.2, 0.25) is 0 Å². The summed E-state index contributed by atoms with van der Waals surface area (Å²) in [6.45, 7) is 3.18. The molecule has 8 nitrogen and oxygen atoms in total. The van der Waals surface area contributed by atoms with Crippen molar-refractivity contribution in [3.63, 3.8) is 0 Å². The minimum Gasteiger partial charge on any atom is -0.493 e. The van der Waals surface area contributed by atoms with E-state index in [1.807, 2.05) is 19.1 Å². The summed E-state index contributed by atoms with van der Waals surface area (Å²) in [5.41, 5.74) is 0.925. The van der Waals surface area contributed by atoms with Crippen LogP contribution < -0.4 is 20.1 Å². The van der Waals surface area contributed by atoms with Crippen LogP contribution in [0.25, 0.3) is 0 Å². The van der Waals surface area contributed by atoms with Gasteiger partial charge in [0.1, 0.15) is 6.61 Å². The Bertz CT molecular complexity index is 721. The van der Waals surface area contributed by atoms with Crippen LogP contribution in [0, 0.1) is 0 Å². The quantitative estimate of drug-likeness (QED) is 0.436. The molecule has 1 aliphatic heterocycles. The summed E-state index contributed by atoms with van der Waals surface area (Å²) in [5.74, 6) is 2.09. The number of aliphatic hydroxyl groups excluding tert-OH is 1. The van der Waals surface area contributed by atoms with E-state index >= 15 is 0 Å². The molecule has 1 saturated heterocycles. The highest BCUT2D eigenvalue weighted by Gasteiger charge is 2.28. The normalized spacial score (nSPS) is 19.2. The summed E-state index contributed by atoms with van der Waals surface area (Å²) in [5, 5.41) is 15.2. The van der Waals surface area contributed by atoms with Gasteiger partial charge in [-0.25, -0.2) is 13.4 Å². The van der Waals surface area contributed by atoms with Crippen LogP contribution in [-0.2, 0) is 16.4 Å². The molecule has 1 fully saturated rings. The van der Waals surface area contributed by atoms with Gasteiger partial charge < -0.3 is 25.2 Å². The highest BCUT2D eigenvalue weighted by Crippen LogP contribution is 2.28. The van der Waals surface area contributed by atoms with Gasteiger partial charge in [-0.05, 0) is 31.0 Å². The summed E-state index contributed by atoms with van der Waals surface area (Å²) >= 11 is 0. The van der Waals surface area contributed by atoms with Gasteiger partial charge in [-0.15, -0.1) is 0 Å². The van der Waals surface area contributed by atoms with Gasteiger partial charge >= 0.3 is 0 Å². The van der Waals surface area contributed by atoms with E-state index in [2.05, 4.69) is 15.6 Å². The second-order valence-corrected chi connectivity index (χ2v) is 8.23. The van der Waals surface area contributed by atoms with Crippen LogP contribution in [0.5, 0.6) is 11.5 Å². The van der Waals surface area contributed by atoms with Crippen LogP contribution in [0.2, 0.25) is 0 Å². The number of nitrogens with one attached hydrogen (secondary N) is 2. The van der Waals surface area contributed by atoms with Crippen molar-refractivity contribution in [2.45, 2.75) is 25.9 Å². The van der Waals surface area contributed by atoms with Gasteiger partial charge in [0.05, 0.1) is 31.8 Å². The molecule has 2 rings (SSSR count). The molecule has 3 N–H and O–H groups in total. The summed E-state index contributed by atoms with van der Waals surface area (Å²) in [6.07, 6.45) is 0.595. The lowest BCUT2D eigenvalue weighted by Crippen LogP contribution is -2.44. The maximum absolute atomic E-state index is 11.6. The fourth-order valence-electron chi connectivity index (χ4n) is 2.68. The van der Waals surface area contributed by atoms with Gasteiger partial charge in [0.15, 0.2) is 27.3 Å². The molecule has 1 unspecified atom stereocenters. The zero-order valence-corrected chi connectivity index (χ0v) is 16.0. The molecule has 26 heavy (non-hydrogen) atoms. The van der Waals surface area contributed by atoms with E-state index in [4.69, 9.17) is 14.6 Å². The molecular weight excluding hydrogens is 358 g/mol. The number of aliphatic imine (C=N–C) groups is 1. The van der Waals surface area contributed by atoms with Crippen LogP contribution in [0.15, 0.2) is 23.2 Å². The highest BCUT2D eigenvalue weighted by molar-refractivity contribution is 7.91. The Kier molecular flexibility index (Phi) is 7.52. The van der Waals surface area contributed by atoms with E-state index in [0.717, 1.165) is 5.56 Å². The fourth-order valence-corrected chi connectivity index (χ4v) is 4.35. The fraction of sp³-hybridized carbons (Fsp3) is 0.588. The Morgan fingerprint density at radius 1 is 1.38 bits per heavy atom. The van der Waals surface area contributed by atoms with Crippen LogP contribution in [0.4, 0.5) is 0 Å². The van der Waals surface area contributed by atoms with Gasteiger partial charge in [-0.3, -0.25) is 0 Å². The zero-order valence-electron chi connectivity index (χ0n) is 15.2. The molecular formula is C17H27N3O5S. The van der Waals surface area contributed by atoms with Crippen molar-refractivity contribution in [2.75, 3.05) is 38.4 Å². The Hall–Kier alpha value is -2.00. The van der Waals surface area contributed by atoms with Gasteiger partial charge in [0.25, 0.3) is 0 Å². The van der Waals surface area contributed by atoms with E-state index < -0.39 is 9.84 Å². The average molecular weight is 385 g/mol. The maximum Gasteiger partial charge on any atom is 0.191 e. The summed E-state index contributed by atoms with van der Waals surface area (Å²) < 4.78 is 33.9. The number of methoxy groups -OCH3 is 1. The number of guanidine groups is 1. The smallest absolute Gasteiger partial charge is 0.191 e. The minimum absolute atomic E-state index is 0.0657. The van der Waals surface area contributed by atoms with Crippen LogP contribution in [-0.4, -0.2) is 63.9 Å². The largest absolute Gasteiger partial charge is 0.493 e. The predicted octanol–water partition coefficient (Wildman–Crippen LogP) is 0.309. The molecule has 1 aromatic carbocycles. The standard InChI is InChI=1S/C17H27N3O5S/c1-3-18-17(20-14-6-9-26(22,23)12-14)19-11-13-4-5-15(25-8-7-21)16(10-13)24-2/h4-5,10,14,21H,3,6-9,11-12H2,1-2H3,(H2,18,19,20). The minimum atomic E-state index is -2.94. The number of ether oxygens (including phenoxy) is 2. The van der Waals surface area contributed by atoms with E-state index in [1.165, 1.54) is 0 Å². The van der Waals surface area contributed by atoms with E-state index in [-0.39, 0.29) is 30.8 Å². The number of hydrogen-bond donors (Lipinski definition) is 3. The summed E-state index contributed by atoms with van der Waals surface area (Å²) in [7, 11) is -1.38. The molecule has 146 valence electrons. The molecule has 0 aromatic heterocycles. The lowest BCUT2D eigenvalue weighted by molar-refractivity contribution is 0.196. The van der Waals surface area contributed by atoms with Crippen LogP contribution >= 0.6 is 0 Å². The first-order valence-corrected chi connectivity index (χ1v) is 10.5. The summed E-state index contributed by atoms with van der Waals surface area (Å²) in [4.78, 5) is 4.53. The van der Waals surface area contributed by atoms with Gasteiger partial charge in [0, 0.05) is 12.6 Å². The molecule has 0 amide bonds. The molecule has 1 atom stereocenters. The first-order chi connectivity index (χ1) is 12.5. The Balaban J connectivity index is 2.04. The van der Waals surface area contributed by atoms with Gasteiger partial charge in [-0.1, -0.05) is 6.07 Å². The first-order valence-electron chi connectivity index (χ1n) is 8.63. The number of rotatable bonds is 8. The summed E-state index contributed by atoms with van der Waals surface area (Å²) in [6, 6.07) is 5.38. The SMILES string of the molecule is CCNC(=NCc1ccc(OCCO)c(OC)c1)NC1CCS(=O)(=O)C1. The van der Waals surface area contributed by atoms with E-state index in [0.29, 0.717) is 37.0 Å². The molecule has 9 heteroatoms. The third-order valence-electron chi connectivity index (χ3n) is 3.91. The highest BCUT2D eigenvalue weighted by atomic mass is 32.2. The first kappa shape index (κ1) is 20.3.